The van der Waals surface area contributed by atoms with Gasteiger partial charge in [-0.2, -0.15) is 13.2 Å². The summed E-state index contributed by atoms with van der Waals surface area (Å²) in [5.74, 6) is -0.847. The summed E-state index contributed by atoms with van der Waals surface area (Å²) >= 11 is 0. The molecule has 0 aliphatic carbocycles. The van der Waals surface area contributed by atoms with Gasteiger partial charge in [0.1, 0.15) is 5.69 Å². The van der Waals surface area contributed by atoms with Gasteiger partial charge < -0.3 is 15.2 Å². The summed E-state index contributed by atoms with van der Waals surface area (Å²) in [6.45, 7) is 4.22. The van der Waals surface area contributed by atoms with Gasteiger partial charge >= 0.3 is 6.18 Å². The zero-order valence-electron chi connectivity index (χ0n) is 18.1. The molecule has 4 rings (SSSR count). The molecule has 0 aliphatic rings. The molecular formula is C24H19F5IrN4-2. The van der Waals surface area contributed by atoms with Gasteiger partial charge in [-0.25, -0.2) is 0 Å². The van der Waals surface area contributed by atoms with E-state index in [2.05, 4.69) is 40.1 Å². The van der Waals surface area contributed by atoms with Crippen molar-refractivity contribution in [2.24, 2.45) is 0 Å². The smallest absolute Gasteiger partial charge is 0.431 e. The molecule has 0 saturated carbocycles. The van der Waals surface area contributed by atoms with E-state index in [-0.39, 0.29) is 31.4 Å². The fourth-order valence-electron chi connectivity index (χ4n) is 2.79. The average Bonchev–Trinajstić information content (AvgIpc) is 3.31. The summed E-state index contributed by atoms with van der Waals surface area (Å²) in [5.41, 5.74) is 1.29. The zero-order valence-corrected chi connectivity index (χ0v) is 20.5. The number of hydrogen-bond acceptors (Lipinski definition) is 3. The second-order valence-corrected chi connectivity index (χ2v) is 7.15. The Morgan fingerprint density at radius 3 is 2.32 bits per heavy atom. The van der Waals surface area contributed by atoms with Crippen LogP contribution in [0.1, 0.15) is 37.4 Å². The zero-order chi connectivity index (χ0) is 24.0. The number of nitrogens with zero attached hydrogens (tertiary/aromatic N) is 4. The average molecular weight is 651 g/mol. The van der Waals surface area contributed by atoms with Gasteiger partial charge in [0, 0.05) is 49.8 Å². The molecule has 1 radical (unpaired) electrons. The van der Waals surface area contributed by atoms with Gasteiger partial charge in [0.2, 0.25) is 0 Å². The molecule has 1 atom stereocenters. The van der Waals surface area contributed by atoms with Crippen LogP contribution in [0.25, 0.3) is 22.6 Å². The number of benzene rings is 1. The molecule has 0 bridgehead atoms. The maximum atomic E-state index is 13.6. The third kappa shape index (κ3) is 7.01. The minimum atomic E-state index is -4.46. The van der Waals surface area contributed by atoms with Gasteiger partial charge in [-0.05, 0) is 41.8 Å². The molecule has 10 heteroatoms. The number of alkyl halides is 3. The third-order valence-corrected chi connectivity index (χ3v) is 4.84. The molecule has 3 aromatic heterocycles. The first-order valence-electron chi connectivity index (χ1n) is 10.0. The SMILES string of the molecule is CCC(C)c1ccc(-c2[c-]cc(F)cc2F)nc1.FC(F)(F)c1cc(-c2ccccn2)[n-]n1.[Ir]. The van der Waals surface area contributed by atoms with Crippen molar-refractivity contribution in [2.45, 2.75) is 32.4 Å². The monoisotopic (exact) mass is 651 g/mol. The van der Waals surface area contributed by atoms with E-state index in [1.165, 1.54) is 6.20 Å². The van der Waals surface area contributed by atoms with Gasteiger partial charge in [0.25, 0.3) is 0 Å². The Bertz CT molecular complexity index is 1180. The van der Waals surface area contributed by atoms with Crippen LogP contribution in [0.15, 0.2) is 60.9 Å². The van der Waals surface area contributed by atoms with Crippen molar-refractivity contribution in [3.63, 3.8) is 0 Å². The first-order valence-corrected chi connectivity index (χ1v) is 10.0. The van der Waals surface area contributed by atoms with Crippen LogP contribution in [0.4, 0.5) is 22.0 Å². The fraction of sp³-hybridized carbons (Fsp3) is 0.208. The van der Waals surface area contributed by atoms with Crippen LogP contribution in [0.5, 0.6) is 0 Å². The summed E-state index contributed by atoms with van der Waals surface area (Å²) < 4.78 is 62.9. The number of rotatable bonds is 4. The van der Waals surface area contributed by atoms with Crippen LogP contribution in [-0.4, -0.2) is 15.1 Å². The van der Waals surface area contributed by atoms with E-state index < -0.39 is 23.5 Å². The van der Waals surface area contributed by atoms with Crippen molar-refractivity contribution < 1.29 is 42.1 Å². The van der Waals surface area contributed by atoms with Crippen LogP contribution < -0.4 is 5.10 Å². The van der Waals surface area contributed by atoms with Crippen molar-refractivity contribution in [1.29, 1.82) is 0 Å². The summed E-state index contributed by atoms with van der Waals surface area (Å²) in [6.07, 6.45) is -0.213. The minimum Gasteiger partial charge on any atom is -0.573 e. The maximum Gasteiger partial charge on any atom is 0.431 e. The molecule has 1 aromatic carbocycles. The van der Waals surface area contributed by atoms with Crippen LogP contribution in [0.2, 0.25) is 0 Å². The van der Waals surface area contributed by atoms with Gasteiger partial charge in [0.05, 0.1) is 0 Å². The normalized spacial score (nSPS) is 11.7. The Hall–Kier alpha value is -2.97. The van der Waals surface area contributed by atoms with Crippen molar-refractivity contribution in [3.05, 3.63) is 89.9 Å². The molecule has 0 fully saturated rings. The van der Waals surface area contributed by atoms with E-state index in [4.69, 9.17) is 0 Å². The first kappa shape index (κ1) is 27.3. The number of aromatic nitrogens is 4. The van der Waals surface area contributed by atoms with Crippen molar-refractivity contribution in [2.75, 3.05) is 0 Å². The van der Waals surface area contributed by atoms with Crippen LogP contribution in [0.3, 0.4) is 0 Å². The Kier molecular flexibility index (Phi) is 9.58. The first-order chi connectivity index (χ1) is 15.7. The standard InChI is InChI=1S/C15H14F2N.C9H5F3N3.Ir/c1-3-10(2)11-4-7-15(18-9-11)13-6-5-12(16)8-14(13)17;10-9(11,12)8-5-7(14-15-8)6-3-1-2-4-13-6;/h4-5,7-10H,3H2,1-2H3;1-5H;/q2*-1;. The molecule has 0 saturated heterocycles. The van der Waals surface area contributed by atoms with E-state index in [0.29, 0.717) is 17.3 Å². The van der Waals surface area contributed by atoms with Crippen molar-refractivity contribution >= 4 is 0 Å². The molecule has 0 spiro atoms. The molecule has 3 heterocycles. The summed E-state index contributed by atoms with van der Waals surface area (Å²) in [4.78, 5) is 8.09. The number of pyridine rings is 2. The van der Waals surface area contributed by atoms with E-state index in [1.807, 2.05) is 6.07 Å². The minimum absolute atomic E-state index is 0. The van der Waals surface area contributed by atoms with E-state index in [9.17, 15) is 22.0 Å². The number of halogens is 5. The molecule has 34 heavy (non-hydrogen) atoms. The van der Waals surface area contributed by atoms with Crippen LogP contribution in [-0.2, 0) is 26.3 Å². The Balaban J connectivity index is 0.000000237. The Morgan fingerprint density at radius 1 is 1.03 bits per heavy atom. The second kappa shape index (κ2) is 11.9. The Morgan fingerprint density at radius 2 is 1.79 bits per heavy atom. The van der Waals surface area contributed by atoms with Gasteiger partial charge in [0.15, 0.2) is 0 Å². The molecule has 0 aliphatic heterocycles. The van der Waals surface area contributed by atoms with Crippen molar-refractivity contribution in [1.82, 2.24) is 20.2 Å². The van der Waals surface area contributed by atoms with Gasteiger partial charge in [-0.15, -0.1) is 12.1 Å². The quantitative estimate of drug-likeness (QED) is 0.188. The second-order valence-electron chi connectivity index (χ2n) is 7.15. The molecule has 0 N–H and O–H groups in total. The molecular weight excluding hydrogens is 631 g/mol. The molecule has 4 nitrogen and oxygen atoms in total. The third-order valence-electron chi connectivity index (χ3n) is 4.84. The predicted octanol–water partition coefficient (Wildman–Crippen LogP) is 6.46. The van der Waals surface area contributed by atoms with Gasteiger partial charge in [-0.3, -0.25) is 13.8 Å². The topological polar surface area (TPSA) is 52.8 Å². The van der Waals surface area contributed by atoms with E-state index in [0.717, 1.165) is 30.2 Å². The van der Waals surface area contributed by atoms with Gasteiger partial charge in [-0.1, -0.05) is 49.4 Å². The van der Waals surface area contributed by atoms with Crippen molar-refractivity contribution in [3.8, 4) is 22.6 Å². The summed E-state index contributed by atoms with van der Waals surface area (Å²) in [6, 6.07) is 14.0. The Labute approximate surface area is 207 Å². The summed E-state index contributed by atoms with van der Waals surface area (Å²) in [7, 11) is 0. The summed E-state index contributed by atoms with van der Waals surface area (Å²) in [5, 5.41) is 6.47. The molecule has 4 aromatic rings. The van der Waals surface area contributed by atoms with Crippen LogP contribution >= 0.6 is 0 Å². The largest absolute Gasteiger partial charge is 0.573 e. The van der Waals surface area contributed by atoms with Crippen LogP contribution in [0, 0.1) is 17.7 Å². The van der Waals surface area contributed by atoms with E-state index >= 15 is 0 Å². The maximum absolute atomic E-state index is 13.6. The predicted molar refractivity (Wildman–Crippen MR) is 113 cm³/mol. The van der Waals surface area contributed by atoms with E-state index in [1.54, 1.807) is 30.5 Å². The molecule has 0 amide bonds. The molecule has 181 valence electrons. The number of hydrogen-bond donors (Lipinski definition) is 0. The fourth-order valence-corrected chi connectivity index (χ4v) is 2.79. The molecule has 1 unspecified atom stereocenters.